The van der Waals surface area contributed by atoms with E-state index in [4.69, 9.17) is 0 Å². The van der Waals surface area contributed by atoms with Crippen LogP contribution in [-0.2, 0) is 9.68 Å². The van der Waals surface area contributed by atoms with E-state index in [1.165, 1.54) is 14.2 Å². The Bertz CT molecular complexity index is 127. The zero-order valence-electron chi connectivity index (χ0n) is 8.71. The van der Waals surface area contributed by atoms with E-state index in [9.17, 15) is 0 Å². The standard InChI is InChI=1S/2C4H9NO/c2*1-4(2)5-6-3/h2*1-3H3. The van der Waals surface area contributed by atoms with Gasteiger partial charge in [-0.15, -0.1) is 0 Å². The first-order chi connectivity index (χ1) is 5.54. The Morgan fingerprint density at radius 3 is 1.00 bits per heavy atom. The fourth-order valence-corrected chi connectivity index (χ4v) is 0.365. The first-order valence-corrected chi connectivity index (χ1v) is 3.63. The monoisotopic (exact) mass is 174 g/mol. The van der Waals surface area contributed by atoms with E-state index in [0.717, 1.165) is 11.4 Å². The van der Waals surface area contributed by atoms with Crippen molar-refractivity contribution in [2.24, 2.45) is 10.3 Å². The molecule has 0 aromatic rings. The first kappa shape index (κ1) is 13.5. The molecule has 4 nitrogen and oxygen atoms in total. The third-order valence-electron chi connectivity index (χ3n) is 0.548. The lowest BCUT2D eigenvalue weighted by atomic mass is 10.5. The van der Waals surface area contributed by atoms with Crippen LogP contribution in [0, 0.1) is 0 Å². The van der Waals surface area contributed by atoms with Crippen LogP contribution in [0.2, 0.25) is 0 Å². The van der Waals surface area contributed by atoms with Crippen molar-refractivity contribution in [2.45, 2.75) is 27.7 Å². The SMILES string of the molecule is CON=C(C)C.CON=C(C)C. The van der Waals surface area contributed by atoms with Gasteiger partial charge in [0.25, 0.3) is 0 Å². The Morgan fingerprint density at radius 2 is 1.00 bits per heavy atom. The third-order valence-corrected chi connectivity index (χ3v) is 0.548. The fraction of sp³-hybridized carbons (Fsp3) is 0.750. The Kier molecular flexibility index (Phi) is 11.2. The summed E-state index contributed by atoms with van der Waals surface area (Å²) < 4.78 is 0. The molecule has 0 saturated heterocycles. The molecule has 4 heteroatoms. The van der Waals surface area contributed by atoms with Gasteiger partial charge in [-0.25, -0.2) is 0 Å². The number of hydrogen-bond acceptors (Lipinski definition) is 4. The zero-order valence-corrected chi connectivity index (χ0v) is 8.71. The van der Waals surface area contributed by atoms with E-state index in [-0.39, 0.29) is 0 Å². The number of nitrogens with zero attached hydrogens (tertiary/aromatic N) is 2. The highest BCUT2D eigenvalue weighted by Gasteiger charge is 1.69. The molecule has 0 N–H and O–H groups in total. The van der Waals surface area contributed by atoms with Gasteiger partial charge >= 0.3 is 0 Å². The van der Waals surface area contributed by atoms with E-state index in [1.54, 1.807) is 0 Å². The second kappa shape index (κ2) is 9.94. The van der Waals surface area contributed by atoms with Gasteiger partial charge in [0, 0.05) is 0 Å². The van der Waals surface area contributed by atoms with E-state index in [1.807, 2.05) is 27.7 Å². The van der Waals surface area contributed by atoms with E-state index in [0.29, 0.717) is 0 Å². The highest BCUT2D eigenvalue weighted by atomic mass is 16.6. The second-order valence-electron chi connectivity index (χ2n) is 2.44. The molecule has 12 heavy (non-hydrogen) atoms. The smallest absolute Gasteiger partial charge is 0.106 e. The van der Waals surface area contributed by atoms with Crippen LogP contribution in [-0.4, -0.2) is 25.6 Å². The van der Waals surface area contributed by atoms with Crippen LogP contribution in [0.4, 0.5) is 0 Å². The minimum atomic E-state index is 0.942. The van der Waals surface area contributed by atoms with Crippen molar-refractivity contribution in [3.63, 3.8) is 0 Å². The molecule has 0 aromatic carbocycles. The summed E-state index contributed by atoms with van der Waals surface area (Å²) in [6, 6.07) is 0. The minimum absolute atomic E-state index is 0.942. The van der Waals surface area contributed by atoms with Crippen molar-refractivity contribution in [3.05, 3.63) is 0 Å². The Morgan fingerprint density at radius 1 is 0.750 bits per heavy atom. The van der Waals surface area contributed by atoms with Gasteiger partial charge in [0.15, 0.2) is 0 Å². The molecule has 0 aromatic heterocycles. The van der Waals surface area contributed by atoms with Crippen molar-refractivity contribution >= 4 is 11.4 Å². The zero-order chi connectivity index (χ0) is 9.98. The highest BCUT2D eigenvalue weighted by Crippen LogP contribution is 1.71. The molecule has 0 aliphatic rings. The maximum Gasteiger partial charge on any atom is 0.106 e. The summed E-state index contributed by atoms with van der Waals surface area (Å²) in [5, 5.41) is 7.08. The molecule has 0 fully saturated rings. The summed E-state index contributed by atoms with van der Waals surface area (Å²) in [7, 11) is 3.07. The molecule has 0 aliphatic heterocycles. The Balaban J connectivity index is 0. The Hall–Kier alpha value is -1.06. The topological polar surface area (TPSA) is 43.2 Å². The quantitative estimate of drug-likeness (QED) is 0.475. The summed E-state index contributed by atoms with van der Waals surface area (Å²) in [5.74, 6) is 0. The molecule has 0 rings (SSSR count). The van der Waals surface area contributed by atoms with Gasteiger partial charge in [-0.1, -0.05) is 10.3 Å². The summed E-state index contributed by atoms with van der Waals surface area (Å²) in [5.41, 5.74) is 1.88. The van der Waals surface area contributed by atoms with Crippen molar-refractivity contribution in [1.29, 1.82) is 0 Å². The lowest BCUT2D eigenvalue weighted by molar-refractivity contribution is 0.213. The van der Waals surface area contributed by atoms with Crippen LogP contribution < -0.4 is 0 Å². The maximum atomic E-state index is 4.39. The lowest BCUT2D eigenvalue weighted by Gasteiger charge is -1.83. The van der Waals surface area contributed by atoms with Crippen LogP contribution in [0.3, 0.4) is 0 Å². The van der Waals surface area contributed by atoms with Crippen LogP contribution in [0.25, 0.3) is 0 Å². The van der Waals surface area contributed by atoms with Crippen molar-refractivity contribution < 1.29 is 9.68 Å². The molecule has 0 heterocycles. The molecule has 0 atom stereocenters. The summed E-state index contributed by atoms with van der Waals surface area (Å²) >= 11 is 0. The van der Waals surface area contributed by atoms with Gasteiger partial charge in [0.05, 0.1) is 11.4 Å². The van der Waals surface area contributed by atoms with Crippen molar-refractivity contribution in [3.8, 4) is 0 Å². The third kappa shape index (κ3) is 23.1. The highest BCUT2D eigenvalue weighted by molar-refractivity contribution is 5.78. The van der Waals surface area contributed by atoms with Crippen molar-refractivity contribution in [2.75, 3.05) is 14.2 Å². The molecular formula is C8H18N2O2. The normalized spacial score (nSPS) is 7.17. The van der Waals surface area contributed by atoms with Crippen LogP contribution in [0.15, 0.2) is 10.3 Å². The number of rotatable bonds is 2. The Labute approximate surface area is 74.2 Å². The maximum absolute atomic E-state index is 4.39. The molecule has 0 saturated carbocycles. The summed E-state index contributed by atoms with van der Waals surface area (Å²) in [4.78, 5) is 8.78. The summed E-state index contributed by atoms with van der Waals surface area (Å²) in [6.45, 7) is 7.51. The van der Waals surface area contributed by atoms with Gasteiger partial charge in [-0.2, -0.15) is 0 Å². The van der Waals surface area contributed by atoms with Gasteiger partial charge in [0.1, 0.15) is 14.2 Å². The fourth-order valence-electron chi connectivity index (χ4n) is 0.365. The van der Waals surface area contributed by atoms with Crippen LogP contribution in [0.5, 0.6) is 0 Å². The molecule has 0 unspecified atom stereocenters. The van der Waals surface area contributed by atoms with Crippen LogP contribution >= 0.6 is 0 Å². The molecule has 0 bridgehead atoms. The van der Waals surface area contributed by atoms with Crippen molar-refractivity contribution in [1.82, 2.24) is 0 Å². The van der Waals surface area contributed by atoms with Gasteiger partial charge in [0.2, 0.25) is 0 Å². The van der Waals surface area contributed by atoms with E-state index < -0.39 is 0 Å². The second-order valence-corrected chi connectivity index (χ2v) is 2.44. The van der Waals surface area contributed by atoms with Gasteiger partial charge < -0.3 is 9.68 Å². The predicted molar refractivity (Wildman–Crippen MR) is 51.6 cm³/mol. The predicted octanol–water partition coefficient (Wildman–Crippen LogP) is 2.06. The number of oxime groups is 2. The summed E-state index contributed by atoms with van der Waals surface area (Å²) in [6.07, 6.45) is 0. The van der Waals surface area contributed by atoms with Gasteiger partial charge in [-0.05, 0) is 27.7 Å². The minimum Gasteiger partial charge on any atom is -0.399 e. The average molecular weight is 174 g/mol. The molecule has 72 valence electrons. The molecular weight excluding hydrogens is 156 g/mol. The average Bonchev–Trinajstić information content (AvgIpc) is 1.87. The lowest BCUT2D eigenvalue weighted by Crippen LogP contribution is -1.79. The molecule has 0 spiro atoms. The molecule has 0 amide bonds. The number of hydrogen-bond donors (Lipinski definition) is 0. The first-order valence-electron chi connectivity index (χ1n) is 3.63. The van der Waals surface area contributed by atoms with Crippen LogP contribution in [0.1, 0.15) is 27.7 Å². The largest absolute Gasteiger partial charge is 0.399 e. The molecule has 0 radical (unpaired) electrons. The molecule has 0 aliphatic carbocycles. The van der Waals surface area contributed by atoms with Gasteiger partial charge in [-0.3, -0.25) is 0 Å². The van der Waals surface area contributed by atoms with E-state index in [2.05, 4.69) is 20.0 Å². The van der Waals surface area contributed by atoms with E-state index >= 15 is 0 Å².